The highest BCUT2D eigenvalue weighted by molar-refractivity contribution is 6.16. The monoisotopic (exact) mass is 396 g/mol. The molecule has 1 N–H and O–H groups in total. The fourth-order valence-corrected chi connectivity index (χ4v) is 3.03. The first-order valence-electron chi connectivity index (χ1n) is 9.23. The molecule has 0 unspecified atom stereocenters. The molecule has 0 saturated carbocycles. The van der Waals surface area contributed by atoms with E-state index >= 15 is 0 Å². The lowest BCUT2D eigenvalue weighted by Gasteiger charge is -2.46. The number of halogens is 2. The number of urea groups is 1. The Morgan fingerprint density at radius 2 is 1.55 bits per heavy atom. The summed E-state index contributed by atoms with van der Waals surface area (Å²) in [4.78, 5) is 25.8. The number of carbonyl (C=O) groups excluding carboxylic acids is 2. The standard InChI is InChI=1S/C23H22F2N2O2/c1-22(2,3)23(4)14-19(28)27(21(29)26-23)20-17(24)12-16(13-18(20)25)11-10-15-8-6-5-7-9-15/h5-9,12-13H,14H2,1-4H3,(H,26,29)/t23-/m0/s1. The lowest BCUT2D eigenvalue weighted by atomic mass is 9.72. The fourth-order valence-electron chi connectivity index (χ4n) is 3.03. The first-order chi connectivity index (χ1) is 13.5. The number of imide groups is 1. The van der Waals surface area contributed by atoms with E-state index in [-0.39, 0.29) is 12.0 Å². The Morgan fingerprint density at radius 3 is 2.07 bits per heavy atom. The molecule has 1 aliphatic heterocycles. The number of hydrogen-bond acceptors (Lipinski definition) is 2. The molecule has 0 aromatic heterocycles. The molecule has 29 heavy (non-hydrogen) atoms. The van der Waals surface area contributed by atoms with E-state index in [1.165, 1.54) is 0 Å². The zero-order valence-electron chi connectivity index (χ0n) is 16.8. The van der Waals surface area contributed by atoms with Crippen LogP contribution in [-0.2, 0) is 4.79 Å². The number of nitrogens with zero attached hydrogens (tertiary/aromatic N) is 1. The van der Waals surface area contributed by atoms with Crippen molar-refractivity contribution in [1.82, 2.24) is 5.32 Å². The van der Waals surface area contributed by atoms with Crippen LogP contribution in [0.5, 0.6) is 0 Å². The van der Waals surface area contributed by atoms with Crippen LogP contribution in [0.3, 0.4) is 0 Å². The predicted molar refractivity (Wildman–Crippen MR) is 107 cm³/mol. The van der Waals surface area contributed by atoms with E-state index < -0.39 is 40.2 Å². The van der Waals surface area contributed by atoms with Crippen molar-refractivity contribution in [3.63, 3.8) is 0 Å². The first-order valence-corrected chi connectivity index (χ1v) is 9.23. The Labute approximate surface area is 168 Å². The first kappa shape index (κ1) is 20.5. The maximum absolute atomic E-state index is 14.7. The molecule has 1 aliphatic rings. The highest BCUT2D eigenvalue weighted by Gasteiger charge is 2.48. The summed E-state index contributed by atoms with van der Waals surface area (Å²) in [5.74, 6) is 2.80. The van der Waals surface area contributed by atoms with Gasteiger partial charge in [0.1, 0.15) is 5.69 Å². The van der Waals surface area contributed by atoms with Gasteiger partial charge in [0.05, 0.1) is 12.0 Å². The number of carbonyl (C=O) groups is 2. The van der Waals surface area contributed by atoms with Crippen molar-refractivity contribution in [2.24, 2.45) is 5.41 Å². The molecule has 0 aliphatic carbocycles. The minimum absolute atomic E-state index is 0.0727. The van der Waals surface area contributed by atoms with Gasteiger partial charge in [-0.05, 0) is 36.6 Å². The van der Waals surface area contributed by atoms with Gasteiger partial charge in [-0.3, -0.25) is 4.79 Å². The Hall–Kier alpha value is -3.20. The van der Waals surface area contributed by atoms with Crippen LogP contribution in [-0.4, -0.2) is 17.5 Å². The van der Waals surface area contributed by atoms with Crippen LogP contribution in [0.2, 0.25) is 0 Å². The van der Waals surface area contributed by atoms with Gasteiger partial charge in [-0.2, -0.15) is 0 Å². The van der Waals surface area contributed by atoms with E-state index in [1.807, 2.05) is 26.8 Å². The van der Waals surface area contributed by atoms with Crippen LogP contribution >= 0.6 is 0 Å². The summed E-state index contributed by atoms with van der Waals surface area (Å²) in [5.41, 5.74) is -1.13. The largest absolute Gasteiger partial charge is 0.331 e. The molecule has 1 atom stereocenters. The second-order valence-corrected chi connectivity index (χ2v) is 8.32. The molecule has 0 radical (unpaired) electrons. The Kier molecular flexibility index (Phi) is 5.18. The van der Waals surface area contributed by atoms with E-state index in [1.54, 1.807) is 31.2 Å². The molecule has 1 saturated heterocycles. The van der Waals surface area contributed by atoms with Crippen molar-refractivity contribution in [3.05, 3.63) is 65.2 Å². The Morgan fingerprint density at radius 1 is 1.00 bits per heavy atom. The van der Waals surface area contributed by atoms with Gasteiger partial charge in [-0.1, -0.05) is 50.8 Å². The van der Waals surface area contributed by atoms with Crippen LogP contribution < -0.4 is 10.2 Å². The highest BCUT2D eigenvalue weighted by atomic mass is 19.1. The van der Waals surface area contributed by atoms with E-state index in [4.69, 9.17) is 0 Å². The molecule has 3 amide bonds. The summed E-state index contributed by atoms with van der Waals surface area (Å²) in [7, 11) is 0. The molecule has 3 rings (SSSR count). The summed E-state index contributed by atoms with van der Waals surface area (Å²) in [6.07, 6.45) is -0.0727. The smallest absolute Gasteiger partial charge is 0.329 e. The van der Waals surface area contributed by atoms with Crippen molar-refractivity contribution in [3.8, 4) is 11.8 Å². The second-order valence-electron chi connectivity index (χ2n) is 8.32. The van der Waals surface area contributed by atoms with Crippen molar-refractivity contribution in [2.75, 3.05) is 4.90 Å². The number of hydrogen-bond donors (Lipinski definition) is 1. The molecule has 4 nitrogen and oxygen atoms in total. The van der Waals surface area contributed by atoms with Gasteiger partial charge < -0.3 is 5.32 Å². The van der Waals surface area contributed by atoms with Gasteiger partial charge in [-0.25, -0.2) is 18.5 Å². The normalized spacial score (nSPS) is 19.4. The van der Waals surface area contributed by atoms with Gasteiger partial charge in [0.25, 0.3) is 0 Å². The molecule has 1 heterocycles. The third-order valence-corrected chi connectivity index (χ3v) is 5.36. The third-order valence-electron chi connectivity index (χ3n) is 5.36. The average molecular weight is 396 g/mol. The Bertz CT molecular complexity index is 989. The Balaban J connectivity index is 1.93. The van der Waals surface area contributed by atoms with Crippen LogP contribution in [0.4, 0.5) is 19.3 Å². The van der Waals surface area contributed by atoms with E-state index in [0.717, 1.165) is 12.1 Å². The van der Waals surface area contributed by atoms with Crippen molar-refractivity contribution in [1.29, 1.82) is 0 Å². The summed E-state index contributed by atoms with van der Waals surface area (Å²) >= 11 is 0. The fraction of sp³-hybridized carbons (Fsp3) is 0.304. The van der Waals surface area contributed by atoms with Gasteiger partial charge in [0.15, 0.2) is 11.6 Å². The molecule has 6 heteroatoms. The zero-order valence-corrected chi connectivity index (χ0v) is 16.8. The number of rotatable bonds is 1. The van der Waals surface area contributed by atoms with Crippen molar-refractivity contribution < 1.29 is 18.4 Å². The minimum atomic E-state index is -1.02. The predicted octanol–water partition coefficient (Wildman–Crippen LogP) is 4.62. The topological polar surface area (TPSA) is 49.4 Å². The highest BCUT2D eigenvalue weighted by Crippen LogP contribution is 2.38. The molecule has 0 bridgehead atoms. The summed E-state index contributed by atoms with van der Waals surface area (Å²) in [5, 5.41) is 2.73. The number of benzene rings is 2. The number of nitrogens with one attached hydrogen (secondary N) is 1. The second kappa shape index (κ2) is 7.32. The van der Waals surface area contributed by atoms with Crippen LogP contribution in [0.25, 0.3) is 0 Å². The van der Waals surface area contributed by atoms with Crippen LogP contribution in [0, 0.1) is 28.9 Å². The third kappa shape index (κ3) is 4.00. The van der Waals surface area contributed by atoms with Crippen LogP contribution in [0.1, 0.15) is 45.2 Å². The molecule has 0 spiro atoms. The molecule has 2 aromatic carbocycles. The molecule has 1 fully saturated rings. The van der Waals surface area contributed by atoms with E-state index in [0.29, 0.717) is 10.5 Å². The van der Waals surface area contributed by atoms with Crippen molar-refractivity contribution >= 4 is 17.6 Å². The lowest BCUT2D eigenvalue weighted by Crippen LogP contribution is -2.66. The number of amides is 3. The van der Waals surface area contributed by atoms with Crippen LogP contribution in [0.15, 0.2) is 42.5 Å². The van der Waals surface area contributed by atoms with Crippen molar-refractivity contribution in [2.45, 2.75) is 39.7 Å². The molecule has 2 aromatic rings. The quantitative estimate of drug-likeness (QED) is 0.716. The molecular formula is C23H22F2N2O2. The van der Waals surface area contributed by atoms with E-state index in [2.05, 4.69) is 17.2 Å². The average Bonchev–Trinajstić information content (AvgIpc) is 2.61. The van der Waals surface area contributed by atoms with Gasteiger partial charge in [-0.15, -0.1) is 0 Å². The molecule has 150 valence electrons. The van der Waals surface area contributed by atoms with Gasteiger partial charge >= 0.3 is 6.03 Å². The number of anilines is 1. The summed E-state index contributed by atoms with van der Waals surface area (Å²) in [6.45, 7) is 7.40. The lowest BCUT2D eigenvalue weighted by molar-refractivity contribution is -0.121. The zero-order chi connectivity index (χ0) is 21.4. The SMILES string of the molecule is CC(C)(C)[C@]1(C)CC(=O)N(c2c(F)cc(C#Cc3ccccc3)cc2F)C(=O)N1. The summed E-state index contributed by atoms with van der Waals surface area (Å²) < 4.78 is 29.4. The summed E-state index contributed by atoms with van der Waals surface area (Å²) in [6, 6.07) is 10.2. The van der Waals surface area contributed by atoms with Gasteiger partial charge in [0, 0.05) is 11.1 Å². The minimum Gasteiger partial charge on any atom is -0.331 e. The van der Waals surface area contributed by atoms with E-state index in [9.17, 15) is 18.4 Å². The maximum Gasteiger partial charge on any atom is 0.329 e. The maximum atomic E-state index is 14.7. The molecular weight excluding hydrogens is 374 g/mol. The van der Waals surface area contributed by atoms with Gasteiger partial charge in [0.2, 0.25) is 5.91 Å².